The van der Waals surface area contributed by atoms with Gasteiger partial charge in [-0.25, -0.2) is 13.1 Å². The quantitative estimate of drug-likeness (QED) is 0.758. The standard InChI is InChI=1S/C17H17BrN2O3S2/c1-11-8-17(21)20-15-9-14(6-7-16(15)24-11)25(22,23)19-10-12-2-4-13(18)5-3-12/h2-7,9,11,19H,8,10H2,1H3,(H,20,21)/t11-/m1/s1. The number of benzene rings is 2. The van der Waals surface area contributed by atoms with E-state index >= 15 is 0 Å². The van der Waals surface area contributed by atoms with E-state index in [0.717, 1.165) is 14.9 Å². The van der Waals surface area contributed by atoms with Crippen molar-refractivity contribution >= 4 is 49.3 Å². The Bertz CT molecular complexity index is 899. The Kier molecular flexibility index (Phi) is 5.52. The molecule has 132 valence electrons. The van der Waals surface area contributed by atoms with Gasteiger partial charge in [-0.2, -0.15) is 0 Å². The number of amides is 1. The van der Waals surface area contributed by atoms with Gasteiger partial charge in [-0.3, -0.25) is 4.79 Å². The molecule has 1 aliphatic heterocycles. The number of carbonyl (C=O) groups is 1. The lowest BCUT2D eigenvalue weighted by molar-refractivity contribution is -0.116. The summed E-state index contributed by atoms with van der Waals surface area (Å²) in [5.41, 5.74) is 1.41. The number of nitrogens with one attached hydrogen (secondary N) is 2. The molecule has 3 rings (SSSR count). The highest BCUT2D eigenvalue weighted by atomic mass is 79.9. The van der Waals surface area contributed by atoms with Crippen LogP contribution in [0.3, 0.4) is 0 Å². The van der Waals surface area contributed by atoms with E-state index < -0.39 is 10.0 Å². The second-order valence-corrected chi connectivity index (χ2v) is 9.95. The zero-order valence-electron chi connectivity index (χ0n) is 13.5. The predicted molar refractivity (Wildman–Crippen MR) is 103 cm³/mol. The summed E-state index contributed by atoms with van der Waals surface area (Å²) in [6.07, 6.45) is 0.406. The molecule has 0 unspecified atom stereocenters. The lowest BCUT2D eigenvalue weighted by atomic mass is 10.2. The number of fused-ring (bicyclic) bond motifs is 1. The summed E-state index contributed by atoms with van der Waals surface area (Å²) in [6.45, 7) is 2.18. The fourth-order valence-electron chi connectivity index (χ4n) is 2.46. The molecule has 0 aromatic heterocycles. The van der Waals surface area contributed by atoms with Crippen molar-refractivity contribution in [1.82, 2.24) is 4.72 Å². The Morgan fingerprint density at radius 2 is 1.96 bits per heavy atom. The van der Waals surface area contributed by atoms with E-state index in [0.29, 0.717) is 12.1 Å². The van der Waals surface area contributed by atoms with Gasteiger partial charge in [0, 0.05) is 27.6 Å². The number of rotatable bonds is 4. The highest BCUT2D eigenvalue weighted by molar-refractivity contribution is 9.10. The van der Waals surface area contributed by atoms with Crippen LogP contribution in [0.15, 0.2) is 56.7 Å². The van der Waals surface area contributed by atoms with Gasteiger partial charge in [-0.15, -0.1) is 11.8 Å². The summed E-state index contributed by atoms with van der Waals surface area (Å²) in [5, 5.41) is 2.94. The molecule has 0 saturated carbocycles. The van der Waals surface area contributed by atoms with Crippen LogP contribution in [0, 0.1) is 0 Å². The number of carbonyl (C=O) groups excluding carboxylic acids is 1. The lowest BCUT2D eigenvalue weighted by Crippen LogP contribution is -2.23. The van der Waals surface area contributed by atoms with Crippen LogP contribution in [0.4, 0.5) is 5.69 Å². The number of thioether (sulfide) groups is 1. The average Bonchev–Trinajstić information content (AvgIpc) is 2.69. The van der Waals surface area contributed by atoms with Crippen LogP contribution in [0.1, 0.15) is 18.9 Å². The minimum atomic E-state index is -3.67. The Morgan fingerprint density at radius 1 is 1.24 bits per heavy atom. The molecule has 0 radical (unpaired) electrons. The zero-order chi connectivity index (χ0) is 18.0. The van der Waals surface area contributed by atoms with Crippen LogP contribution in [-0.4, -0.2) is 19.6 Å². The molecule has 8 heteroatoms. The summed E-state index contributed by atoms with van der Waals surface area (Å²) in [4.78, 5) is 12.9. The van der Waals surface area contributed by atoms with Crippen molar-refractivity contribution in [2.24, 2.45) is 0 Å². The second kappa shape index (κ2) is 7.49. The number of hydrogen-bond acceptors (Lipinski definition) is 4. The van der Waals surface area contributed by atoms with Gasteiger partial charge in [0.15, 0.2) is 0 Å². The van der Waals surface area contributed by atoms with Crippen molar-refractivity contribution in [3.05, 3.63) is 52.5 Å². The van der Waals surface area contributed by atoms with Crippen molar-refractivity contribution < 1.29 is 13.2 Å². The Balaban J connectivity index is 1.80. The first-order valence-corrected chi connectivity index (χ1v) is 10.8. The number of sulfonamides is 1. The van der Waals surface area contributed by atoms with E-state index in [1.807, 2.05) is 31.2 Å². The van der Waals surface area contributed by atoms with E-state index in [-0.39, 0.29) is 22.6 Å². The molecule has 1 aliphatic rings. The third-order valence-electron chi connectivity index (χ3n) is 3.72. The molecule has 1 amide bonds. The fraction of sp³-hybridized carbons (Fsp3) is 0.235. The van der Waals surface area contributed by atoms with Crippen molar-refractivity contribution in [2.75, 3.05) is 5.32 Å². The molecule has 0 saturated heterocycles. The molecule has 0 bridgehead atoms. The minimum Gasteiger partial charge on any atom is -0.325 e. The van der Waals surface area contributed by atoms with Crippen LogP contribution in [-0.2, 0) is 21.4 Å². The summed E-state index contributed by atoms with van der Waals surface area (Å²) < 4.78 is 28.6. The van der Waals surface area contributed by atoms with E-state index in [9.17, 15) is 13.2 Å². The van der Waals surface area contributed by atoms with E-state index in [1.165, 1.54) is 6.07 Å². The molecule has 0 fully saturated rings. The normalized spacial score (nSPS) is 17.5. The van der Waals surface area contributed by atoms with Gasteiger partial charge in [0.1, 0.15) is 0 Å². The zero-order valence-corrected chi connectivity index (χ0v) is 16.7. The van der Waals surface area contributed by atoms with Crippen LogP contribution >= 0.6 is 27.7 Å². The minimum absolute atomic E-state index is 0.101. The van der Waals surface area contributed by atoms with Crippen molar-refractivity contribution in [2.45, 2.75) is 34.9 Å². The highest BCUT2D eigenvalue weighted by Gasteiger charge is 2.22. The van der Waals surface area contributed by atoms with E-state index in [4.69, 9.17) is 0 Å². The predicted octanol–water partition coefficient (Wildman–Crippen LogP) is 3.75. The third kappa shape index (κ3) is 4.63. The molecule has 2 aromatic rings. The molecule has 0 aliphatic carbocycles. The molecule has 1 heterocycles. The van der Waals surface area contributed by atoms with Gasteiger partial charge in [0.05, 0.1) is 10.6 Å². The summed E-state index contributed by atoms with van der Waals surface area (Å²) in [7, 11) is -3.67. The van der Waals surface area contributed by atoms with Gasteiger partial charge in [0.25, 0.3) is 0 Å². The van der Waals surface area contributed by atoms with Crippen LogP contribution in [0.25, 0.3) is 0 Å². The maximum Gasteiger partial charge on any atom is 0.240 e. The van der Waals surface area contributed by atoms with Gasteiger partial charge >= 0.3 is 0 Å². The number of halogens is 1. The maximum absolute atomic E-state index is 12.6. The van der Waals surface area contributed by atoms with Crippen molar-refractivity contribution in [3.8, 4) is 0 Å². The topological polar surface area (TPSA) is 75.3 Å². The first-order chi connectivity index (χ1) is 11.8. The average molecular weight is 441 g/mol. The molecule has 2 N–H and O–H groups in total. The number of anilines is 1. The number of hydrogen-bond donors (Lipinski definition) is 2. The van der Waals surface area contributed by atoms with Crippen LogP contribution in [0.2, 0.25) is 0 Å². The lowest BCUT2D eigenvalue weighted by Gasteiger charge is -2.11. The SMILES string of the molecule is C[C@@H]1CC(=O)Nc2cc(S(=O)(=O)NCc3ccc(Br)cc3)ccc2S1. The molecule has 25 heavy (non-hydrogen) atoms. The molecular formula is C17H17BrN2O3S2. The van der Waals surface area contributed by atoms with Gasteiger partial charge < -0.3 is 5.32 Å². The molecule has 2 aromatic carbocycles. The monoisotopic (exact) mass is 440 g/mol. The van der Waals surface area contributed by atoms with E-state index in [1.54, 1.807) is 23.9 Å². The fourth-order valence-corrected chi connectivity index (χ4v) is 4.82. The molecular weight excluding hydrogens is 424 g/mol. The third-order valence-corrected chi connectivity index (χ3v) is 6.82. The van der Waals surface area contributed by atoms with Crippen LogP contribution < -0.4 is 10.0 Å². The van der Waals surface area contributed by atoms with Gasteiger partial charge in [-0.05, 0) is 35.9 Å². The molecule has 0 spiro atoms. The van der Waals surface area contributed by atoms with Gasteiger partial charge in [0.2, 0.25) is 15.9 Å². The highest BCUT2D eigenvalue weighted by Crippen LogP contribution is 2.36. The molecule has 5 nitrogen and oxygen atoms in total. The van der Waals surface area contributed by atoms with Crippen molar-refractivity contribution in [3.63, 3.8) is 0 Å². The first kappa shape index (κ1) is 18.4. The van der Waals surface area contributed by atoms with Crippen molar-refractivity contribution in [1.29, 1.82) is 0 Å². The smallest absolute Gasteiger partial charge is 0.240 e. The Labute approximate surface area is 159 Å². The van der Waals surface area contributed by atoms with E-state index in [2.05, 4.69) is 26.0 Å². The first-order valence-electron chi connectivity index (χ1n) is 7.68. The Morgan fingerprint density at radius 3 is 2.68 bits per heavy atom. The largest absolute Gasteiger partial charge is 0.325 e. The van der Waals surface area contributed by atoms with Gasteiger partial charge in [-0.1, -0.05) is 35.0 Å². The maximum atomic E-state index is 12.6. The summed E-state index contributed by atoms with van der Waals surface area (Å²) in [5.74, 6) is -0.101. The molecule has 1 atom stereocenters. The second-order valence-electron chi connectivity index (χ2n) is 5.79. The van der Waals surface area contributed by atoms with Crippen LogP contribution in [0.5, 0.6) is 0 Å². The summed E-state index contributed by atoms with van der Waals surface area (Å²) >= 11 is 4.91. The Hall–Kier alpha value is -1.35. The summed E-state index contributed by atoms with van der Waals surface area (Å²) in [6, 6.07) is 12.3.